The second kappa shape index (κ2) is 9.04. The van der Waals surface area contributed by atoms with Gasteiger partial charge in [-0.15, -0.1) is 0 Å². The molecular weight excluding hydrogens is 522 g/mol. The first-order chi connectivity index (χ1) is 18.4. The van der Waals surface area contributed by atoms with Gasteiger partial charge in [0.25, 0.3) is 0 Å². The third-order valence-corrected chi connectivity index (χ3v) is 9.34. The molecule has 1 aromatic heterocycles. The first-order valence-corrected chi connectivity index (χ1v) is 13.4. The molecule has 3 heterocycles. The van der Waals surface area contributed by atoms with E-state index >= 15 is 0 Å². The highest BCUT2D eigenvalue weighted by atomic mass is 32.2. The average molecular weight is 552 g/mol. The number of ether oxygens (including phenoxy) is 1. The van der Waals surface area contributed by atoms with E-state index in [9.17, 15) is 29.4 Å². The van der Waals surface area contributed by atoms with Crippen molar-refractivity contribution < 1.29 is 24.5 Å². The minimum absolute atomic E-state index is 0.0510. The van der Waals surface area contributed by atoms with Crippen molar-refractivity contribution in [2.75, 3.05) is 18.1 Å². The first kappa shape index (κ1) is 26.6. The fraction of sp³-hybridized carbons (Fsp3) is 0.357. The molecule has 2 atom stereocenters. The molecule has 2 unspecified atom stereocenters. The van der Waals surface area contributed by atoms with Crippen molar-refractivity contribution in [1.29, 1.82) is 0 Å². The molecule has 0 spiro atoms. The van der Waals surface area contributed by atoms with Crippen LogP contribution in [0, 0.1) is 5.41 Å². The van der Waals surface area contributed by atoms with Crippen molar-refractivity contribution in [2.24, 2.45) is 5.41 Å². The lowest BCUT2D eigenvalue weighted by Crippen LogP contribution is -2.64. The number of carboxylic acid groups (broad SMARTS) is 2. The van der Waals surface area contributed by atoms with E-state index in [0.29, 0.717) is 24.6 Å². The van der Waals surface area contributed by atoms with E-state index in [2.05, 4.69) is 4.98 Å². The summed E-state index contributed by atoms with van der Waals surface area (Å²) in [5.41, 5.74) is -3.53. The van der Waals surface area contributed by atoms with Crippen molar-refractivity contribution in [2.45, 2.75) is 49.3 Å². The van der Waals surface area contributed by atoms with Crippen LogP contribution in [0.4, 0.5) is 11.4 Å². The summed E-state index contributed by atoms with van der Waals surface area (Å²) in [5.74, 6) is -2.16. The average Bonchev–Trinajstić information content (AvgIpc) is 3.21. The zero-order valence-corrected chi connectivity index (χ0v) is 22.8. The molecule has 11 heteroatoms. The van der Waals surface area contributed by atoms with Gasteiger partial charge in [0.15, 0.2) is 0 Å². The number of hydrogen-bond donors (Lipinski definition) is 3. The summed E-state index contributed by atoms with van der Waals surface area (Å²) in [5, 5.41) is 21.4. The molecule has 0 amide bonds. The number of aromatic nitrogens is 2. The van der Waals surface area contributed by atoms with Gasteiger partial charge in [-0.1, -0.05) is 57.7 Å². The SMILES string of the molecule is CCC1(C(=O)O)Sc2[nH]c(=O)c(=O)n(-c3ccc4c(c3)N(c3ccccc3)CCO4)c2C1(C(=O)O)C(C)(C)C. The van der Waals surface area contributed by atoms with Crippen molar-refractivity contribution in [3.8, 4) is 11.4 Å². The predicted molar refractivity (Wildman–Crippen MR) is 147 cm³/mol. The highest BCUT2D eigenvalue weighted by molar-refractivity contribution is 8.01. The minimum Gasteiger partial charge on any atom is -0.490 e. The Kier molecular flexibility index (Phi) is 6.17. The number of rotatable bonds is 5. The maximum atomic E-state index is 13.6. The number of aliphatic carboxylic acids is 2. The number of carboxylic acids is 2. The molecular formula is C28H29N3O7S. The summed E-state index contributed by atoms with van der Waals surface area (Å²) < 4.78 is 5.04. The lowest BCUT2D eigenvalue weighted by Gasteiger charge is -2.47. The molecule has 0 saturated heterocycles. The Balaban J connectivity index is 1.87. The molecule has 10 nitrogen and oxygen atoms in total. The number of nitrogens with one attached hydrogen (secondary N) is 1. The maximum Gasteiger partial charge on any atom is 0.321 e. The van der Waals surface area contributed by atoms with Crippen LogP contribution in [-0.2, 0) is 15.0 Å². The van der Waals surface area contributed by atoms with Crippen LogP contribution < -0.4 is 20.8 Å². The summed E-state index contributed by atoms with van der Waals surface area (Å²) in [4.78, 5) is 57.3. The van der Waals surface area contributed by atoms with Gasteiger partial charge in [-0.05, 0) is 42.2 Å². The largest absolute Gasteiger partial charge is 0.490 e. The lowest BCUT2D eigenvalue weighted by molar-refractivity contribution is -0.160. The van der Waals surface area contributed by atoms with E-state index in [1.165, 1.54) is 0 Å². The molecule has 2 aliphatic heterocycles. The van der Waals surface area contributed by atoms with Crippen molar-refractivity contribution in [3.05, 3.63) is 74.9 Å². The molecule has 39 heavy (non-hydrogen) atoms. The zero-order chi connectivity index (χ0) is 28.3. The monoisotopic (exact) mass is 551 g/mol. The Labute approximate surface area is 228 Å². The Morgan fingerprint density at radius 1 is 1.05 bits per heavy atom. The quantitative estimate of drug-likeness (QED) is 0.404. The van der Waals surface area contributed by atoms with Gasteiger partial charge in [0.1, 0.15) is 22.5 Å². The van der Waals surface area contributed by atoms with E-state index in [0.717, 1.165) is 22.0 Å². The van der Waals surface area contributed by atoms with E-state index < -0.39 is 38.6 Å². The van der Waals surface area contributed by atoms with Gasteiger partial charge >= 0.3 is 23.1 Å². The van der Waals surface area contributed by atoms with Crippen LogP contribution in [0.25, 0.3) is 5.69 Å². The summed E-state index contributed by atoms with van der Waals surface area (Å²) in [6, 6.07) is 14.5. The summed E-state index contributed by atoms with van der Waals surface area (Å²) >= 11 is 0.781. The number of hydrogen-bond acceptors (Lipinski definition) is 7. The number of aromatic amines is 1. The number of para-hydroxylation sites is 1. The van der Waals surface area contributed by atoms with Crippen LogP contribution in [-0.4, -0.2) is 49.6 Å². The molecule has 3 N–H and O–H groups in total. The molecule has 0 aliphatic carbocycles. The molecule has 204 valence electrons. The molecule has 2 aliphatic rings. The van der Waals surface area contributed by atoms with E-state index in [-0.39, 0.29) is 22.8 Å². The van der Waals surface area contributed by atoms with Gasteiger partial charge < -0.3 is 24.8 Å². The van der Waals surface area contributed by atoms with Crippen LogP contribution in [0.3, 0.4) is 0 Å². The number of thioether (sulfide) groups is 1. The Hall–Kier alpha value is -3.99. The second-order valence-corrected chi connectivity index (χ2v) is 12.0. The Bertz CT molecular complexity index is 1610. The van der Waals surface area contributed by atoms with Gasteiger partial charge in [-0.3, -0.25) is 23.7 Å². The van der Waals surface area contributed by atoms with E-state index in [1.54, 1.807) is 45.9 Å². The first-order valence-electron chi connectivity index (χ1n) is 12.6. The van der Waals surface area contributed by atoms with Gasteiger partial charge in [0, 0.05) is 5.69 Å². The fourth-order valence-corrected chi connectivity index (χ4v) is 7.80. The standard InChI is InChI=1S/C28H29N3O7S/c1-5-27(24(34)35)28(25(36)37,26(2,3)4)20-22(39-27)29-21(32)23(33)31(20)17-11-12-19-18(15-17)30(13-14-38-19)16-9-7-6-8-10-16/h6-12,15H,5,13-14H2,1-4H3,(H,29,32)(H,34,35)(H,36,37). The molecule has 2 aromatic carbocycles. The molecule has 0 bridgehead atoms. The number of carbonyl (C=O) groups is 2. The number of H-pyrrole nitrogens is 1. The van der Waals surface area contributed by atoms with Gasteiger partial charge in [0.05, 0.1) is 28.6 Å². The zero-order valence-electron chi connectivity index (χ0n) is 22.0. The molecule has 0 fully saturated rings. The Morgan fingerprint density at radius 3 is 2.33 bits per heavy atom. The minimum atomic E-state index is -2.09. The van der Waals surface area contributed by atoms with Crippen LogP contribution in [0.2, 0.25) is 0 Å². The number of anilines is 2. The number of nitrogens with zero attached hydrogens (tertiary/aromatic N) is 2. The summed E-state index contributed by atoms with van der Waals surface area (Å²) in [6.07, 6.45) is -0.0682. The third kappa shape index (κ3) is 3.55. The third-order valence-electron chi connectivity index (χ3n) is 7.72. The van der Waals surface area contributed by atoms with Crippen molar-refractivity contribution in [3.63, 3.8) is 0 Å². The van der Waals surface area contributed by atoms with Crippen LogP contribution in [0.1, 0.15) is 39.8 Å². The highest BCUT2D eigenvalue weighted by Crippen LogP contribution is 2.64. The molecule has 0 saturated carbocycles. The molecule has 3 aromatic rings. The summed E-state index contributed by atoms with van der Waals surface area (Å²) in [6.45, 7) is 7.48. The second-order valence-electron chi connectivity index (χ2n) is 10.7. The normalized spacial score (nSPS) is 22.1. The lowest BCUT2D eigenvalue weighted by atomic mass is 9.56. The van der Waals surface area contributed by atoms with Gasteiger partial charge in [0.2, 0.25) is 0 Å². The molecule has 0 radical (unpaired) electrons. The Morgan fingerprint density at radius 2 is 1.74 bits per heavy atom. The van der Waals surface area contributed by atoms with Crippen LogP contribution >= 0.6 is 11.8 Å². The van der Waals surface area contributed by atoms with E-state index in [4.69, 9.17) is 4.74 Å². The predicted octanol–water partition coefficient (Wildman–Crippen LogP) is 3.76. The van der Waals surface area contributed by atoms with Crippen molar-refractivity contribution >= 4 is 35.1 Å². The summed E-state index contributed by atoms with van der Waals surface area (Å²) in [7, 11) is 0. The smallest absolute Gasteiger partial charge is 0.321 e. The maximum absolute atomic E-state index is 13.6. The number of fused-ring (bicyclic) bond motifs is 2. The fourth-order valence-electron chi connectivity index (χ4n) is 6.09. The van der Waals surface area contributed by atoms with E-state index in [1.807, 2.05) is 35.2 Å². The van der Waals surface area contributed by atoms with Crippen molar-refractivity contribution in [1.82, 2.24) is 9.55 Å². The highest BCUT2D eigenvalue weighted by Gasteiger charge is 2.73. The van der Waals surface area contributed by atoms with Gasteiger partial charge in [-0.25, -0.2) is 0 Å². The van der Waals surface area contributed by atoms with Crippen LogP contribution in [0.15, 0.2) is 63.1 Å². The van der Waals surface area contributed by atoms with Gasteiger partial charge in [-0.2, -0.15) is 0 Å². The van der Waals surface area contributed by atoms with Crippen LogP contribution in [0.5, 0.6) is 5.75 Å². The number of benzene rings is 2. The molecule has 5 rings (SSSR count). The topological polar surface area (TPSA) is 142 Å².